The van der Waals surface area contributed by atoms with Gasteiger partial charge in [-0.05, 0) is 25.8 Å². The average Bonchev–Trinajstić information content (AvgIpc) is 2.88. The van der Waals surface area contributed by atoms with Gasteiger partial charge in [-0.25, -0.2) is 8.42 Å². The SMILES string of the molecule is CCN(C1CCNC1)S(=O)(=O)C1CC1. The Morgan fingerprint density at radius 3 is 2.50 bits per heavy atom. The van der Waals surface area contributed by atoms with Crippen LogP contribution in [0.15, 0.2) is 0 Å². The van der Waals surface area contributed by atoms with Crippen LogP contribution in [-0.2, 0) is 10.0 Å². The molecule has 1 aliphatic heterocycles. The van der Waals surface area contributed by atoms with Crippen LogP contribution in [-0.4, -0.2) is 43.6 Å². The molecule has 2 aliphatic rings. The molecule has 1 aliphatic carbocycles. The summed E-state index contributed by atoms with van der Waals surface area (Å²) in [6.45, 7) is 4.31. The third-order valence-corrected chi connectivity index (χ3v) is 5.55. The van der Waals surface area contributed by atoms with Crippen molar-refractivity contribution in [2.24, 2.45) is 0 Å². The first-order chi connectivity index (χ1) is 6.66. The molecule has 14 heavy (non-hydrogen) atoms. The zero-order chi connectivity index (χ0) is 10.2. The Balaban J connectivity index is 2.11. The molecule has 1 N–H and O–H groups in total. The van der Waals surface area contributed by atoms with E-state index < -0.39 is 10.0 Å². The highest BCUT2D eigenvalue weighted by molar-refractivity contribution is 7.90. The van der Waals surface area contributed by atoms with Crippen LogP contribution in [0, 0.1) is 0 Å². The molecular formula is C9H18N2O2S. The fourth-order valence-electron chi connectivity index (χ4n) is 2.09. The van der Waals surface area contributed by atoms with Gasteiger partial charge in [-0.3, -0.25) is 0 Å². The third kappa shape index (κ3) is 1.81. The molecule has 82 valence electrons. The lowest BCUT2D eigenvalue weighted by Gasteiger charge is -2.26. The summed E-state index contributed by atoms with van der Waals surface area (Å²) in [5.74, 6) is 0. The molecule has 2 fully saturated rings. The van der Waals surface area contributed by atoms with Gasteiger partial charge in [0.05, 0.1) is 5.25 Å². The molecule has 1 atom stereocenters. The zero-order valence-corrected chi connectivity index (χ0v) is 9.39. The fourth-order valence-corrected chi connectivity index (χ4v) is 4.16. The molecule has 0 amide bonds. The number of likely N-dealkylation sites (N-methyl/N-ethyl adjacent to an activating group) is 1. The summed E-state index contributed by atoms with van der Waals surface area (Å²) in [6.07, 6.45) is 2.68. The summed E-state index contributed by atoms with van der Waals surface area (Å²) in [4.78, 5) is 0. The smallest absolute Gasteiger partial charge is 0.217 e. The van der Waals surface area contributed by atoms with Crippen molar-refractivity contribution in [2.75, 3.05) is 19.6 Å². The number of nitrogens with zero attached hydrogens (tertiary/aromatic N) is 1. The average molecular weight is 218 g/mol. The van der Waals surface area contributed by atoms with Gasteiger partial charge in [0.2, 0.25) is 10.0 Å². The van der Waals surface area contributed by atoms with Crippen LogP contribution >= 0.6 is 0 Å². The molecule has 1 unspecified atom stereocenters. The van der Waals surface area contributed by atoms with Crippen molar-refractivity contribution < 1.29 is 8.42 Å². The molecule has 2 rings (SSSR count). The van der Waals surface area contributed by atoms with Gasteiger partial charge in [-0.15, -0.1) is 0 Å². The molecule has 5 heteroatoms. The monoisotopic (exact) mass is 218 g/mol. The molecule has 1 saturated heterocycles. The van der Waals surface area contributed by atoms with Crippen LogP contribution in [0.1, 0.15) is 26.2 Å². The number of hydrogen-bond acceptors (Lipinski definition) is 3. The maximum absolute atomic E-state index is 12.0. The third-order valence-electron chi connectivity index (χ3n) is 3.03. The van der Waals surface area contributed by atoms with Crippen molar-refractivity contribution in [1.29, 1.82) is 0 Å². The Hall–Kier alpha value is -0.130. The molecule has 0 aromatic carbocycles. The second-order valence-electron chi connectivity index (χ2n) is 4.09. The van der Waals surface area contributed by atoms with Crippen molar-refractivity contribution >= 4 is 10.0 Å². The number of nitrogens with one attached hydrogen (secondary N) is 1. The summed E-state index contributed by atoms with van der Waals surface area (Å²) in [5.41, 5.74) is 0. The van der Waals surface area contributed by atoms with E-state index in [2.05, 4.69) is 5.32 Å². The highest BCUT2D eigenvalue weighted by Gasteiger charge is 2.42. The van der Waals surface area contributed by atoms with Gasteiger partial charge >= 0.3 is 0 Å². The van der Waals surface area contributed by atoms with Gasteiger partial charge in [0.15, 0.2) is 0 Å². The fraction of sp³-hybridized carbons (Fsp3) is 1.00. The second-order valence-corrected chi connectivity index (χ2v) is 6.26. The van der Waals surface area contributed by atoms with E-state index >= 15 is 0 Å². The summed E-state index contributed by atoms with van der Waals surface area (Å²) < 4.78 is 25.7. The van der Waals surface area contributed by atoms with Crippen LogP contribution in [0.2, 0.25) is 0 Å². The maximum atomic E-state index is 12.0. The van der Waals surface area contributed by atoms with Crippen LogP contribution in [0.4, 0.5) is 0 Å². The Labute approximate surface area is 85.7 Å². The zero-order valence-electron chi connectivity index (χ0n) is 8.57. The van der Waals surface area contributed by atoms with Gasteiger partial charge in [0.1, 0.15) is 0 Å². The lowest BCUT2D eigenvalue weighted by atomic mass is 10.3. The molecule has 1 heterocycles. The first-order valence-electron chi connectivity index (χ1n) is 5.37. The van der Waals surface area contributed by atoms with E-state index in [4.69, 9.17) is 0 Å². The van der Waals surface area contributed by atoms with E-state index in [1.54, 1.807) is 4.31 Å². The minimum Gasteiger partial charge on any atom is -0.315 e. The van der Waals surface area contributed by atoms with Crippen LogP contribution < -0.4 is 5.32 Å². The van der Waals surface area contributed by atoms with E-state index in [1.807, 2.05) is 6.92 Å². The summed E-state index contributed by atoms with van der Waals surface area (Å²) >= 11 is 0. The lowest BCUT2D eigenvalue weighted by molar-refractivity contribution is 0.348. The molecule has 4 nitrogen and oxygen atoms in total. The molecule has 0 radical (unpaired) electrons. The van der Waals surface area contributed by atoms with Gasteiger partial charge in [-0.2, -0.15) is 4.31 Å². The predicted octanol–water partition coefficient (Wildman–Crippen LogP) is 0.162. The maximum Gasteiger partial charge on any atom is 0.217 e. The number of rotatable bonds is 4. The largest absolute Gasteiger partial charge is 0.315 e. The summed E-state index contributed by atoms with van der Waals surface area (Å²) in [6, 6.07) is 0.200. The Morgan fingerprint density at radius 2 is 2.07 bits per heavy atom. The topological polar surface area (TPSA) is 49.4 Å². The van der Waals surface area contributed by atoms with Gasteiger partial charge < -0.3 is 5.32 Å². The van der Waals surface area contributed by atoms with Crippen molar-refractivity contribution in [2.45, 2.75) is 37.5 Å². The van der Waals surface area contributed by atoms with Crippen LogP contribution in [0.25, 0.3) is 0 Å². The van der Waals surface area contributed by atoms with Gasteiger partial charge in [0.25, 0.3) is 0 Å². The standard InChI is InChI=1S/C9H18N2O2S/c1-2-11(8-5-6-10-7-8)14(12,13)9-3-4-9/h8-10H,2-7H2,1H3. The van der Waals surface area contributed by atoms with Crippen molar-refractivity contribution in [1.82, 2.24) is 9.62 Å². The summed E-state index contributed by atoms with van der Waals surface area (Å²) in [7, 11) is -2.97. The molecule has 0 bridgehead atoms. The van der Waals surface area contributed by atoms with Gasteiger partial charge in [0, 0.05) is 19.1 Å². The Morgan fingerprint density at radius 1 is 1.36 bits per heavy atom. The minimum atomic E-state index is -2.97. The van der Waals surface area contributed by atoms with E-state index in [0.717, 1.165) is 32.4 Å². The van der Waals surface area contributed by atoms with E-state index in [1.165, 1.54) is 0 Å². The van der Waals surface area contributed by atoms with Crippen LogP contribution in [0.5, 0.6) is 0 Å². The molecule has 1 saturated carbocycles. The quantitative estimate of drug-likeness (QED) is 0.731. The molecule has 0 aromatic heterocycles. The second kappa shape index (κ2) is 3.79. The molecule has 0 aromatic rings. The van der Waals surface area contributed by atoms with Crippen molar-refractivity contribution in [3.8, 4) is 0 Å². The van der Waals surface area contributed by atoms with E-state index in [-0.39, 0.29) is 11.3 Å². The first kappa shape index (κ1) is 10.4. The Kier molecular flexibility index (Phi) is 2.81. The molecular weight excluding hydrogens is 200 g/mol. The Bertz CT molecular complexity index is 292. The van der Waals surface area contributed by atoms with Gasteiger partial charge in [-0.1, -0.05) is 6.92 Å². The number of sulfonamides is 1. The normalized spacial score (nSPS) is 28.6. The molecule has 0 spiro atoms. The minimum absolute atomic E-state index is 0.0666. The first-order valence-corrected chi connectivity index (χ1v) is 6.88. The van der Waals surface area contributed by atoms with Crippen LogP contribution in [0.3, 0.4) is 0 Å². The van der Waals surface area contributed by atoms with E-state index in [9.17, 15) is 8.42 Å². The van der Waals surface area contributed by atoms with E-state index in [0.29, 0.717) is 6.54 Å². The number of hydrogen-bond donors (Lipinski definition) is 1. The predicted molar refractivity (Wildman–Crippen MR) is 55.6 cm³/mol. The van der Waals surface area contributed by atoms with Crippen molar-refractivity contribution in [3.05, 3.63) is 0 Å². The highest BCUT2D eigenvalue weighted by atomic mass is 32.2. The summed E-state index contributed by atoms with van der Waals surface area (Å²) in [5, 5.41) is 3.15. The van der Waals surface area contributed by atoms with Crippen molar-refractivity contribution in [3.63, 3.8) is 0 Å². The highest BCUT2D eigenvalue weighted by Crippen LogP contribution is 2.32. The lowest BCUT2D eigenvalue weighted by Crippen LogP contribution is -2.43.